The largest absolute Gasteiger partial charge is 0.497 e. The Morgan fingerprint density at radius 1 is 1.21 bits per heavy atom. The van der Waals surface area contributed by atoms with Crippen LogP contribution in [0.5, 0.6) is 5.75 Å². The Kier molecular flexibility index (Phi) is 6.51. The van der Waals surface area contributed by atoms with E-state index in [1.807, 2.05) is 30.3 Å². The summed E-state index contributed by atoms with van der Waals surface area (Å²) in [7, 11) is 1.51. The number of hydrogen-bond donors (Lipinski definition) is 2. The average Bonchev–Trinajstić information content (AvgIpc) is 3.15. The lowest BCUT2D eigenvalue weighted by Gasteiger charge is -2.33. The number of benzene rings is 2. The number of aromatic nitrogens is 2. The van der Waals surface area contributed by atoms with E-state index in [-0.39, 0.29) is 23.0 Å². The summed E-state index contributed by atoms with van der Waals surface area (Å²) in [6.45, 7) is 0.298. The average molecular weight is 479 g/mol. The van der Waals surface area contributed by atoms with Crippen molar-refractivity contribution >= 4 is 23.3 Å². The van der Waals surface area contributed by atoms with Crippen LogP contribution in [0.1, 0.15) is 40.1 Å². The van der Waals surface area contributed by atoms with Crippen molar-refractivity contribution < 1.29 is 22.7 Å². The third-order valence-corrected chi connectivity index (χ3v) is 5.93. The maximum absolute atomic E-state index is 13.9. The number of nitrogens with zero attached hydrogens (tertiary/aromatic N) is 2. The monoisotopic (exact) mass is 478 g/mol. The topological polar surface area (TPSA) is 68.2 Å². The van der Waals surface area contributed by atoms with Crippen molar-refractivity contribution in [3.05, 3.63) is 76.4 Å². The SMILES string of the molecule is COc1ccc(C2CC(C(F)(F)F)n3nc(C(=O)NCCc4ccccc4)c(Cl)c3N2)cc1. The van der Waals surface area contributed by atoms with Crippen LogP contribution in [0, 0.1) is 0 Å². The summed E-state index contributed by atoms with van der Waals surface area (Å²) in [6, 6.07) is 13.7. The Hall–Kier alpha value is -3.20. The Morgan fingerprint density at radius 2 is 1.91 bits per heavy atom. The molecule has 4 rings (SSSR count). The highest BCUT2D eigenvalue weighted by Gasteiger charge is 2.47. The van der Waals surface area contributed by atoms with E-state index in [9.17, 15) is 18.0 Å². The number of fused-ring (bicyclic) bond motifs is 1. The minimum atomic E-state index is -4.57. The van der Waals surface area contributed by atoms with E-state index >= 15 is 0 Å². The first-order valence-electron chi connectivity index (χ1n) is 10.3. The molecule has 174 valence electrons. The summed E-state index contributed by atoms with van der Waals surface area (Å²) >= 11 is 6.35. The predicted octanol–water partition coefficient (Wildman–Crippen LogP) is 5.18. The van der Waals surface area contributed by atoms with Gasteiger partial charge in [-0.1, -0.05) is 54.1 Å². The summed E-state index contributed by atoms with van der Waals surface area (Å²) in [5.41, 5.74) is 1.42. The molecule has 1 amide bonds. The second-order valence-corrected chi connectivity index (χ2v) is 8.09. The first-order valence-corrected chi connectivity index (χ1v) is 10.7. The number of anilines is 1. The van der Waals surface area contributed by atoms with Crippen LogP contribution in [0.15, 0.2) is 54.6 Å². The van der Waals surface area contributed by atoms with Crippen LogP contribution in [0.2, 0.25) is 5.02 Å². The first-order chi connectivity index (χ1) is 15.8. The van der Waals surface area contributed by atoms with Gasteiger partial charge in [-0.15, -0.1) is 0 Å². The Morgan fingerprint density at radius 3 is 2.55 bits per heavy atom. The summed E-state index contributed by atoms with van der Waals surface area (Å²) in [4.78, 5) is 12.7. The Balaban J connectivity index is 1.57. The highest BCUT2D eigenvalue weighted by atomic mass is 35.5. The molecule has 2 heterocycles. The van der Waals surface area contributed by atoms with Gasteiger partial charge in [-0.25, -0.2) is 4.68 Å². The molecule has 2 atom stereocenters. The highest BCUT2D eigenvalue weighted by Crippen LogP contribution is 2.46. The number of nitrogens with one attached hydrogen (secondary N) is 2. The number of methoxy groups -OCH3 is 1. The molecule has 0 bridgehead atoms. The molecule has 2 aromatic carbocycles. The molecule has 0 spiro atoms. The Bertz CT molecular complexity index is 1120. The van der Waals surface area contributed by atoms with Crippen LogP contribution in [0.3, 0.4) is 0 Å². The number of halogens is 4. The van der Waals surface area contributed by atoms with E-state index in [1.165, 1.54) is 7.11 Å². The lowest BCUT2D eigenvalue weighted by Crippen LogP contribution is -2.36. The van der Waals surface area contributed by atoms with Crippen LogP contribution in [0.25, 0.3) is 0 Å². The molecule has 1 aliphatic heterocycles. The quantitative estimate of drug-likeness (QED) is 0.512. The van der Waals surface area contributed by atoms with Crippen LogP contribution in [0.4, 0.5) is 19.0 Å². The van der Waals surface area contributed by atoms with Crippen molar-refractivity contribution in [3.8, 4) is 5.75 Å². The van der Waals surface area contributed by atoms with Gasteiger partial charge in [-0.2, -0.15) is 18.3 Å². The normalized spacial score (nSPS) is 17.7. The van der Waals surface area contributed by atoms with E-state index in [0.29, 0.717) is 24.3 Å². The number of alkyl halides is 3. The van der Waals surface area contributed by atoms with E-state index in [2.05, 4.69) is 15.7 Å². The molecule has 0 fully saturated rings. The van der Waals surface area contributed by atoms with Gasteiger partial charge in [0.15, 0.2) is 11.7 Å². The maximum atomic E-state index is 13.9. The standard InChI is InChI=1S/C23H22ClF3N4O2/c1-33-16-9-7-15(8-10-16)17-13-18(23(25,26)27)31-21(29-17)19(24)20(30-31)22(32)28-12-11-14-5-3-2-4-6-14/h2-10,17-18,29H,11-13H2,1H3,(H,28,32). The maximum Gasteiger partial charge on any atom is 0.410 e. The van der Waals surface area contributed by atoms with E-state index in [4.69, 9.17) is 16.3 Å². The van der Waals surface area contributed by atoms with Crippen LogP contribution < -0.4 is 15.4 Å². The first kappa shape index (κ1) is 23.0. The molecule has 6 nitrogen and oxygen atoms in total. The van der Waals surface area contributed by atoms with Crippen molar-refractivity contribution in [1.29, 1.82) is 0 Å². The zero-order valence-corrected chi connectivity index (χ0v) is 18.5. The zero-order valence-electron chi connectivity index (χ0n) is 17.7. The number of carbonyl (C=O) groups excluding carboxylic acids is 1. The molecule has 3 aromatic rings. The lowest BCUT2D eigenvalue weighted by atomic mass is 9.97. The van der Waals surface area contributed by atoms with E-state index in [1.54, 1.807) is 24.3 Å². The second-order valence-electron chi connectivity index (χ2n) is 7.71. The number of rotatable bonds is 6. The number of ether oxygens (including phenoxy) is 1. The summed E-state index contributed by atoms with van der Waals surface area (Å²) in [5, 5.41) is 9.52. The predicted molar refractivity (Wildman–Crippen MR) is 119 cm³/mol. The zero-order chi connectivity index (χ0) is 23.6. The smallest absolute Gasteiger partial charge is 0.410 e. The van der Waals surface area contributed by atoms with E-state index in [0.717, 1.165) is 10.2 Å². The van der Waals surface area contributed by atoms with Crippen molar-refractivity contribution in [2.24, 2.45) is 0 Å². The van der Waals surface area contributed by atoms with Crippen molar-refractivity contribution in [2.45, 2.75) is 31.1 Å². The van der Waals surface area contributed by atoms with Gasteiger partial charge < -0.3 is 15.4 Å². The summed E-state index contributed by atoms with van der Waals surface area (Å²) in [6.07, 6.45) is -4.30. The van der Waals surface area contributed by atoms with Gasteiger partial charge in [0.05, 0.1) is 13.2 Å². The molecule has 33 heavy (non-hydrogen) atoms. The van der Waals surface area contributed by atoms with Gasteiger partial charge >= 0.3 is 6.18 Å². The molecule has 1 aliphatic rings. The molecule has 0 radical (unpaired) electrons. The molecule has 0 saturated heterocycles. The third kappa shape index (κ3) is 4.93. The molecule has 0 saturated carbocycles. The minimum absolute atomic E-state index is 0.0285. The van der Waals surface area contributed by atoms with Crippen LogP contribution in [-0.2, 0) is 6.42 Å². The fraction of sp³-hybridized carbons (Fsp3) is 0.304. The fourth-order valence-electron chi connectivity index (χ4n) is 3.84. The van der Waals surface area contributed by atoms with Gasteiger partial charge in [0.25, 0.3) is 5.91 Å². The molecule has 2 unspecified atom stereocenters. The van der Waals surface area contributed by atoms with Crippen molar-refractivity contribution in [3.63, 3.8) is 0 Å². The van der Waals surface area contributed by atoms with Gasteiger partial charge in [0, 0.05) is 13.0 Å². The second kappa shape index (κ2) is 9.35. The lowest BCUT2D eigenvalue weighted by molar-refractivity contribution is -0.173. The van der Waals surface area contributed by atoms with Crippen molar-refractivity contribution in [1.82, 2.24) is 15.1 Å². The number of amides is 1. The van der Waals surface area contributed by atoms with Crippen molar-refractivity contribution in [2.75, 3.05) is 19.0 Å². The number of carbonyl (C=O) groups is 1. The number of hydrogen-bond acceptors (Lipinski definition) is 4. The molecule has 10 heteroatoms. The summed E-state index contributed by atoms with van der Waals surface area (Å²) in [5.74, 6) is -0.0553. The summed E-state index contributed by atoms with van der Waals surface area (Å²) < 4.78 is 47.6. The molecule has 2 N–H and O–H groups in total. The Labute approximate surface area is 193 Å². The molecular formula is C23H22ClF3N4O2. The fourth-order valence-corrected chi connectivity index (χ4v) is 4.10. The van der Waals surface area contributed by atoms with E-state index < -0.39 is 24.2 Å². The minimum Gasteiger partial charge on any atom is -0.497 e. The third-order valence-electron chi connectivity index (χ3n) is 5.57. The molecular weight excluding hydrogens is 457 g/mol. The van der Waals surface area contributed by atoms with Gasteiger partial charge in [-0.05, 0) is 29.7 Å². The van der Waals surface area contributed by atoms with Crippen LogP contribution in [-0.4, -0.2) is 35.5 Å². The molecule has 0 aliphatic carbocycles. The van der Waals surface area contributed by atoms with Gasteiger partial charge in [-0.3, -0.25) is 4.79 Å². The van der Waals surface area contributed by atoms with Gasteiger partial charge in [0.2, 0.25) is 0 Å². The van der Waals surface area contributed by atoms with Crippen LogP contribution >= 0.6 is 11.6 Å². The highest BCUT2D eigenvalue weighted by molar-refractivity contribution is 6.36. The molecule has 1 aromatic heterocycles. The van der Waals surface area contributed by atoms with Gasteiger partial charge in [0.1, 0.15) is 16.6 Å².